The molecule has 0 aromatic heterocycles. The van der Waals surface area contributed by atoms with Gasteiger partial charge in [-0.15, -0.1) is 0 Å². The fraction of sp³-hybridized carbons (Fsp3) is 0.824. The molecule has 9 atom stereocenters. The van der Waals surface area contributed by atoms with E-state index >= 15 is 0 Å². The van der Waals surface area contributed by atoms with Crippen LogP contribution in [0.15, 0.2) is 11.6 Å². The highest BCUT2D eigenvalue weighted by Gasteiger charge is 2.79. The van der Waals surface area contributed by atoms with Crippen LogP contribution in [-0.2, 0) is 33.4 Å². The fourth-order valence-electron chi connectivity index (χ4n) is 10.9. The molecule has 1 spiro atoms. The molecule has 7 nitrogen and oxygen atoms in total. The summed E-state index contributed by atoms with van der Waals surface area (Å²) in [5.74, 6) is -0.648. The second-order valence-electron chi connectivity index (χ2n) is 15.6. The van der Waals surface area contributed by atoms with Gasteiger partial charge in [0.1, 0.15) is 23.2 Å². The van der Waals surface area contributed by atoms with Crippen LogP contribution >= 0.6 is 0 Å². The monoisotopic (exact) mass is 570 g/mol. The average molecular weight is 571 g/mol. The van der Waals surface area contributed by atoms with Crippen LogP contribution in [0, 0.1) is 45.3 Å². The molecular weight excluding hydrogens is 520 g/mol. The zero-order valence-electron chi connectivity index (χ0n) is 26.6. The largest absolute Gasteiger partial charge is 0.462 e. The molecule has 7 heteroatoms. The molecule has 0 amide bonds. The first-order valence-corrected chi connectivity index (χ1v) is 15.8. The molecule has 0 aromatic carbocycles. The van der Waals surface area contributed by atoms with Crippen LogP contribution in [0.4, 0.5) is 0 Å². The molecule has 0 N–H and O–H groups in total. The van der Waals surface area contributed by atoms with E-state index in [1.54, 1.807) is 0 Å². The van der Waals surface area contributed by atoms with Crippen molar-refractivity contribution >= 4 is 23.7 Å². The molecule has 1 aliphatic heterocycles. The van der Waals surface area contributed by atoms with Crippen LogP contribution in [0.25, 0.3) is 0 Å². The number of carbonyl (C=O) groups is 4. The molecule has 228 valence electrons. The minimum Gasteiger partial charge on any atom is -0.462 e. The molecule has 3 saturated carbocycles. The van der Waals surface area contributed by atoms with Gasteiger partial charge in [-0.05, 0) is 86.5 Å². The van der Waals surface area contributed by atoms with Crippen molar-refractivity contribution in [1.82, 2.24) is 0 Å². The second kappa shape index (κ2) is 9.67. The Morgan fingerprint density at radius 3 is 2.24 bits per heavy atom. The van der Waals surface area contributed by atoms with Gasteiger partial charge in [0.25, 0.3) is 0 Å². The van der Waals surface area contributed by atoms with E-state index in [2.05, 4.69) is 41.5 Å². The maximum atomic E-state index is 14.5. The zero-order chi connectivity index (χ0) is 30.3. The predicted molar refractivity (Wildman–Crippen MR) is 153 cm³/mol. The summed E-state index contributed by atoms with van der Waals surface area (Å²) in [6, 6.07) is 0. The van der Waals surface area contributed by atoms with Gasteiger partial charge in [0.15, 0.2) is 5.78 Å². The Labute approximate surface area is 245 Å². The molecule has 0 bridgehead atoms. The van der Waals surface area contributed by atoms with Gasteiger partial charge in [0.2, 0.25) is 0 Å². The van der Waals surface area contributed by atoms with E-state index in [-0.39, 0.29) is 64.5 Å². The lowest BCUT2D eigenvalue weighted by molar-refractivity contribution is -0.173. The molecule has 0 radical (unpaired) electrons. The van der Waals surface area contributed by atoms with Crippen molar-refractivity contribution in [2.75, 3.05) is 0 Å². The van der Waals surface area contributed by atoms with Gasteiger partial charge in [0, 0.05) is 31.6 Å². The molecule has 2 unspecified atom stereocenters. The first kappa shape index (κ1) is 30.3. The number of esters is 3. The third kappa shape index (κ3) is 4.17. The standard InChI is InChI=1S/C34H50O7/c1-19(2)16-22(39-20(3)35)18-33(9)26-12-15-32(8)23-10-11-25-30(5,6)28(40-21(4)36)13-14-31(25,7)24(23)17-27(37)34(26,32)29(38)41-33/h17,19,22-23,25-26,28H,10-16,18H2,1-9H3/t22?,23-,25+,26-,28+,31-,32+,33?,34+/m1/s1. The lowest BCUT2D eigenvalue weighted by Gasteiger charge is -2.62. The SMILES string of the molecule is CC(=O)OC(CC(C)C)CC1(C)OC(=O)[C@]23C(=O)C=C4[C@@H](CC[C@H]5C(C)(C)[C@@H](OC(C)=O)CC[C@]45C)[C@]2(C)CC[C@H]13. The quantitative estimate of drug-likeness (QED) is 0.208. The topological polar surface area (TPSA) is 96.0 Å². The Morgan fingerprint density at radius 1 is 0.951 bits per heavy atom. The summed E-state index contributed by atoms with van der Waals surface area (Å²) in [7, 11) is 0. The lowest BCUT2D eigenvalue weighted by atomic mass is 9.40. The van der Waals surface area contributed by atoms with Crippen molar-refractivity contribution in [2.24, 2.45) is 45.3 Å². The van der Waals surface area contributed by atoms with Crippen LogP contribution in [-0.4, -0.2) is 41.5 Å². The van der Waals surface area contributed by atoms with Crippen molar-refractivity contribution in [3.63, 3.8) is 0 Å². The Morgan fingerprint density at radius 2 is 1.63 bits per heavy atom. The van der Waals surface area contributed by atoms with Gasteiger partial charge >= 0.3 is 17.9 Å². The normalized spacial score (nSPS) is 43.2. The Balaban J connectivity index is 1.52. The van der Waals surface area contributed by atoms with Crippen LogP contribution in [0.2, 0.25) is 0 Å². The number of hydrogen-bond acceptors (Lipinski definition) is 7. The number of rotatable bonds is 6. The number of ketones is 1. The van der Waals surface area contributed by atoms with E-state index in [9.17, 15) is 19.2 Å². The molecule has 5 aliphatic rings. The fourth-order valence-corrected chi connectivity index (χ4v) is 10.9. The molecule has 4 aliphatic carbocycles. The number of allylic oxidation sites excluding steroid dienone is 2. The van der Waals surface area contributed by atoms with Crippen LogP contribution in [0.5, 0.6) is 0 Å². The molecule has 4 fully saturated rings. The number of ether oxygens (including phenoxy) is 3. The predicted octanol–water partition coefficient (Wildman–Crippen LogP) is 6.37. The van der Waals surface area contributed by atoms with E-state index in [1.807, 2.05) is 13.0 Å². The van der Waals surface area contributed by atoms with Crippen LogP contribution in [0.3, 0.4) is 0 Å². The Bertz CT molecular complexity index is 1180. The van der Waals surface area contributed by atoms with Crippen LogP contribution in [0.1, 0.15) is 114 Å². The summed E-state index contributed by atoms with van der Waals surface area (Å²) in [5, 5.41) is 0. The summed E-state index contributed by atoms with van der Waals surface area (Å²) in [5.41, 5.74) is -1.85. The maximum Gasteiger partial charge on any atom is 0.321 e. The minimum atomic E-state index is -1.21. The van der Waals surface area contributed by atoms with Gasteiger partial charge in [-0.1, -0.05) is 47.1 Å². The summed E-state index contributed by atoms with van der Waals surface area (Å²) in [6.45, 7) is 17.9. The average Bonchev–Trinajstić information content (AvgIpc) is 3.27. The first-order valence-electron chi connectivity index (χ1n) is 15.8. The highest BCUT2D eigenvalue weighted by molar-refractivity contribution is 6.13. The molecule has 1 heterocycles. The summed E-state index contributed by atoms with van der Waals surface area (Å²) in [6.07, 6.45) is 7.40. The van der Waals surface area contributed by atoms with E-state index in [0.29, 0.717) is 18.8 Å². The summed E-state index contributed by atoms with van der Waals surface area (Å²) >= 11 is 0. The summed E-state index contributed by atoms with van der Waals surface area (Å²) in [4.78, 5) is 52.5. The Kier molecular flexibility index (Phi) is 7.14. The summed E-state index contributed by atoms with van der Waals surface area (Å²) < 4.78 is 17.8. The Hall–Kier alpha value is -2.18. The molecule has 5 rings (SSSR count). The minimum absolute atomic E-state index is 0.0999. The van der Waals surface area contributed by atoms with Gasteiger partial charge in [-0.25, -0.2) is 0 Å². The third-order valence-corrected chi connectivity index (χ3v) is 12.4. The third-order valence-electron chi connectivity index (χ3n) is 12.4. The van der Waals surface area contributed by atoms with Crippen molar-refractivity contribution in [3.05, 3.63) is 11.6 Å². The number of hydrogen-bond donors (Lipinski definition) is 0. The van der Waals surface area contributed by atoms with Gasteiger partial charge < -0.3 is 14.2 Å². The number of carbonyl (C=O) groups excluding carboxylic acids is 4. The second-order valence-corrected chi connectivity index (χ2v) is 15.6. The van der Waals surface area contributed by atoms with Crippen molar-refractivity contribution < 1.29 is 33.4 Å². The van der Waals surface area contributed by atoms with Crippen molar-refractivity contribution in [2.45, 2.75) is 131 Å². The molecule has 1 saturated heterocycles. The van der Waals surface area contributed by atoms with E-state index in [1.165, 1.54) is 19.4 Å². The van der Waals surface area contributed by atoms with Gasteiger partial charge in [-0.3, -0.25) is 19.2 Å². The molecule has 41 heavy (non-hydrogen) atoms. The van der Waals surface area contributed by atoms with E-state index in [0.717, 1.165) is 38.5 Å². The van der Waals surface area contributed by atoms with E-state index in [4.69, 9.17) is 14.2 Å². The maximum absolute atomic E-state index is 14.5. The highest BCUT2D eigenvalue weighted by atomic mass is 16.6. The van der Waals surface area contributed by atoms with Gasteiger partial charge in [-0.2, -0.15) is 0 Å². The van der Waals surface area contributed by atoms with Crippen molar-refractivity contribution in [3.8, 4) is 0 Å². The van der Waals surface area contributed by atoms with E-state index < -0.39 is 16.4 Å². The lowest BCUT2D eigenvalue weighted by Crippen LogP contribution is -2.61. The number of cyclic esters (lactones) is 1. The number of fused-ring (bicyclic) bond motifs is 4. The highest BCUT2D eigenvalue weighted by Crippen LogP contribution is 2.75. The van der Waals surface area contributed by atoms with Crippen molar-refractivity contribution in [1.29, 1.82) is 0 Å². The first-order chi connectivity index (χ1) is 18.9. The molecular formula is C34H50O7. The smallest absolute Gasteiger partial charge is 0.321 e. The van der Waals surface area contributed by atoms with Crippen LogP contribution < -0.4 is 0 Å². The van der Waals surface area contributed by atoms with Gasteiger partial charge in [0.05, 0.1) is 0 Å². The molecule has 0 aromatic rings. The zero-order valence-corrected chi connectivity index (χ0v) is 26.6.